The Labute approximate surface area is 119 Å². The van der Waals surface area contributed by atoms with Gasteiger partial charge in [0.25, 0.3) is 0 Å². The van der Waals surface area contributed by atoms with Crippen LogP contribution in [0.2, 0.25) is 0 Å². The molecule has 1 aromatic heterocycles. The molecule has 2 aromatic rings. The molecule has 0 unspecified atom stereocenters. The van der Waals surface area contributed by atoms with Crippen LogP contribution in [0.1, 0.15) is 5.56 Å². The van der Waals surface area contributed by atoms with Crippen molar-refractivity contribution in [1.82, 2.24) is 9.29 Å². The molecule has 106 valence electrons. The first kappa shape index (κ1) is 14.5. The van der Waals surface area contributed by atoms with E-state index < -0.39 is 10.0 Å². The topological polar surface area (TPSA) is 62.3 Å². The molecule has 6 heteroatoms. The third kappa shape index (κ3) is 3.15. The second-order valence-electron chi connectivity index (χ2n) is 4.46. The van der Waals surface area contributed by atoms with E-state index in [1.807, 2.05) is 24.3 Å². The van der Waals surface area contributed by atoms with Gasteiger partial charge in [-0.1, -0.05) is 24.3 Å². The summed E-state index contributed by atoms with van der Waals surface area (Å²) in [5, 5.41) is 3.12. The molecule has 20 heavy (non-hydrogen) atoms. The maximum absolute atomic E-state index is 12.2. The van der Waals surface area contributed by atoms with Gasteiger partial charge in [-0.25, -0.2) is 17.7 Å². The molecular formula is C14H17N3O2S. The van der Waals surface area contributed by atoms with Crippen molar-refractivity contribution < 1.29 is 8.42 Å². The lowest BCUT2D eigenvalue weighted by Gasteiger charge is -2.15. The molecule has 0 atom stereocenters. The molecule has 0 saturated heterocycles. The highest BCUT2D eigenvalue weighted by atomic mass is 32.2. The molecule has 1 N–H and O–H groups in total. The van der Waals surface area contributed by atoms with Gasteiger partial charge in [-0.15, -0.1) is 0 Å². The van der Waals surface area contributed by atoms with Crippen LogP contribution in [-0.4, -0.2) is 31.8 Å². The summed E-state index contributed by atoms with van der Waals surface area (Å²) in [6.45, 7) is 0.403. The Morgan fingerprint density at radius 1 is 1.10 bits per heavy atom. The Morgan fingerprint density at radius 3 is 2.45 bits per heavy atom. The first-order valence-corrected chi connectivity index (χ1v) is 7.61. The van der Waals surface area contributed by atoms with Gasteiger partial charge < -0.3 is 5.32 Å². The predicted molar refractivity (Wildman–Crippen MR) is 78.9 cm³/mol. The van der Waals surface area contributed by atoms with Crippen LogP contribution in [0.15, 0.2) is 53.6 Å². The largest absolute Gasteiger partial charge is 0.366 e. The molecular weight excluding hydrogens is 274 g/mol. The Kier molecular flexibility index (Phi) is 4.36. The van der Waals surface area contributed by atoms with Crippen molar-refractivity contribution in [3.8, 4) is 0 Å². The van der Waals surface area contributed by atoms with E-state index in [1.54, 1.807) is 24.4 Å². The summed E-state index contributed by atoms with van der Waals surface area (Å²) >= 11 is 0. The van der Waals surface area contributed by atoms with Gasteiger partial charge in [-0.2, -0.15) is 0 Å². The van der Waals surface area contributed by atoms with Crippen LogP contribution in [0.4, 0.5) is 5.82 Å². The number of nitrogens with zero attached hydrogens (tertiary/aromatic N) is 2. The summed E-state index contributed by atoms with van der Waals surface area (Å²) in [6, 6.07) is 12.5. The molecule has 0 bridgehead atoms. The van der Waals surface area contributed by atoms with Gasteiger partial charge in [0, 0.05) is 26.8 Å². The van der Waals surface area contributed by atoms with Gasteiger partial charge >= 0.3 is 0 Å². The fraction of sp³-hybridized carbons (Fsp3) is 0.214. The monoisotopic (exact) mass is 291 g/mol. The first-order valence-electron chi connectivity index (χ1n) is 6.17. The van der Waals surface area contributed by atoms with Crippen molar-refractivity contribution in [3.63, 3.8) is 0 Å². The zero-order valence-electron chi connectivity index (χ0n) is 11.4. The normalized spacial score (nSPS) is 11.6. The van der Waals surface area contributed by atoms with Crippen molar-refractivity contribution in [2.24, 2.45) is 0 Å². The smallest absolute Gasteiger partial charge is 0.242 e. The molecule has 0 amide bonds. The maximum atomic E-state index is 12.2. The average Bonchev–Trinajstić information content (AvgIpc) is 2.46. The van der Waals surface area contributed by atoms with Crippen LogP contribution in [0.5, 0.6) is 0 Å². The number of hydrogen-bond acceptors (Lipinski definition) is 4. The number of sulfonamides is 1. The molecule has 0 aliphatic carbocycles. The van der Waals surface area contributed by atoms with Crippen LogP contribution < -0.4 is 5.32 Å². The van der Waals surface area contributed by atoms with E-state index in [2.05, 4.69) is 10.3 Å². The van der Waals surface area contributed by atoms with E-state index in [1.165, 1.54) is 18.4 Å². The molecule has 2 rings (SSSR count). The Balaban J connectivity index is 2.25. The number of pyridine rings is 1. The van der Waals surface area contributed by atoms with E-state index in [4.69, 9.17) is 0 Å². The Bertz CT molecular complexity index is 670. The molecule has 1 aromatic carbocycles. The number of aromatic nitrogens is 1. The van der Waals surface area contributed by atoms with E-state index in [0.29, 0.717) is 22.8 Å². The molecule has 0 radical (unpaired) electrons. The quantitative estimate of drug-likeness (QED) is 0.914. The van der Waals surface area contributed by atoms with Crippen LogP contribution in [0, 0.1) is 0 Å². The molecule has 0 spiro atoms. The van der Waals surface area contributed by atoms with Crippen molar-refractivity contribution in [2.45, 2.75) is 11.4 Å². The van der Waals surface area contributed by atoms with E-state index in [-0.39, 0.29) is 0 Å². The summed E-state index contributed by atoms with van der Waals surface area (Å²) < 4.78 is 25.7. The van der Waals surface area contributed by atoms with Crippen LogP contribution in [0.25, 0.3) is 0 Å². The fourth-order valence-corrected chi connectivity index (χ4v) is 2.87. The lowest BCUT2D eigenvalue weighted by Crippen LogP contribution is -2.23. The van der Waals surface area contributed by atoms with Gasteiger partial charge in [0.05, 0.1) is 4.90 Å². The summed E-state index contributed by atoms with van der Waals surface area (Å²) in [7, 11) is -0.387. The first-order chi connectivity index (χ1) is 9.51. The number of nitrogens with one attached hydrogen (secondary N) is 1. The highest BCUT2D eigenvalue weighted by Crippen LogP contribution is 2.19. The average molecular weight is 291 g/mol. The summed E-state index contributed by atoms with van der Waals surface area (Å²) in [5.41, 5.74) is 0.715. The molecule has 5 nitrogen and oxygen atoms in total. The minimum absolute atomic E-state index is 0.313. The fourth-order valence-electron chi connectivity index (χ4n) is 1.75. The molecule has 0 fully saturated rings. The lowest BCUT2D eigenvalue weighted by molar-refractivity contribution is 0.520. The van der Waals surface area contributed by atoms with Crippen LogP contribution in [0.3, 0.4) is 0 Å². The van der Waals surface area contributed by atoms with Crippen LogP contribution >= 0.6 is 0 Å². The lowest BCUT2D eigenvalue weighted by atomic mass is 10.2. The maximum Gasteiger partial charge on any atom is 0.242 e. The van der Waals surface area contributed by atoms with Crippen molar-refractivity contribution in [3.05, 3.63) is 54.2 Å². The van der Waals surface area contributed by atoms with Gasteiger partial charge in [0.1, 0.15) is 5.82 Å². The second-order valence-corrected chi connectivity index (χ2v) is 6.58. The van der Waals surface area contributed by atoms with E-state index >= 15 is 0 Å². The zero-order valence-corrected chi connectivity index (χ0v) is 12.3. The summed E-state index contributed by atoms with van der Waals surface area (Å²) in [6.07, 6.45) is 1.69. The molecule has 0 aliphatic heterocycles. The Hall–Kier alpha value is -1.92. The van der Waals surface area contributed by atoms with Gasteiger partial charge in [-0.05, 0) is 23.8 Å². The van der Waals surface area contributed by atoms with Gasteiger partial charge in [0.15, 0.2) is 0 Å². The summed E-state index contributed by atoms with van der Waals surface area (Å²) in [5.74, 6) is 0.713. The highest BCUT2D eigenvalue weighted by molar-refractivity contribution is 7.89. The second kappa shape index (κ2) is 6.02. The Morgan fingerprint density at radius 2 is 1.80 bits per heavy atom. The standard InChI is InChI=1S/C14H17N3O2S/c1-17(2)20(18,19)13-8-4-3-7-12(13)11-16-14-9-5-6-10-15-14/h3-10H,11H2,1-2H3,(H,15,16). The summed E-state index contributed by atoms with van der Waals surface area (Å²) in [4.78, 5) is 4.46. The predicted octanol–water partition coefficient (Wildman–Crippen LogP) is 1.94. The van der Waals surface area contributed by atoms with E-state index in [0.717, 1.165) is 0 Å². The van der Waals surface area contributed by atoms with Crippen molar-refractivity contribution >= 4 is 15.8 Å². The minimum Gasteiger partial charge on any atom is -0.366 e. The SMILES string of the molecule is CN(C)S(=O)(=O)c1ccccc1CNc1ccccn1. The van der Waals surface area contributed by atoms with Crippen molar-refractivity contribution in [1.29, 1.82) is 0 Å². The zero-order chi connectivity index (χ0) is 14.6. The van der Waals surface area contributed by atoms with Gasteiger partial charge in [-0.3, -0.25) is 0 Å². The minimum atomic E-state index is -3.44. The van der Waals surface area contributed by atoms with Crippen LogP contribution in [-0.2, 0) is 16.6 Å². The van der Waals surface area contributed by atoms with Gasteiger partial charge in [0.2, 0.25) is 10.0 Å². The van der Waals surface area contributed by atoms with Crippen molar-refractivity contribution in [2.75, 3.05) is 19.4 Å². The number of hydrogen-bond donors (Lipinski definition) is 1. The third-order valence-corrected chi connectivity index (χ3v) is 4.77. The molecule has 0 aliphatic rings. The molecule has 0 saturated carbocycles. The highest BCUT2D eigenvalue weighted by Gasteiger charge is 2.20. The molecule has 1 heterocycles. The van der Waals surface area contributed by atoms with E-state index in [9.17, 15) is 8.42 Å². The number of anilines is 1. The number of benzene rings is 1. The number of rotatable bonds is 5. The third-order valence-electron chi connectivity index (χ3n) is 2.86.